The Hall–Kier alpha value is -0.570. The average molecular weight is 241 g/mol. The van der Waals surface area contributed by atoms with Gasteiger partial charge in [0.25, 0.3) is 0 Å². The lowest BCUT2D eigenvalue weighted by atomic mass is 9.91. The minimum atomic E-state index is 0.151. The summed E-state index contributed by atoms with van der Waals surface area (Å²) in [5.74, 6) is 6.31. The Labute approximate surface area is 103 Å². The van der Waals surface area contributed by atoms with E-state index in [1.807, 2.05) is 24.3 Å². The van der Waals surface area contributed by atoms with E-state index in [4.69, 9.17) is 17.4 Å². The monoisotopic (exact) mass is 240 g/mol. The zero-order chi connectivity index (χ0) is 12.0. The second-order valence-electron chi connectivity index (χ2n) is 4.16. The molecule has 0 aliphatic rings. The molecule has 0 spiro atoms. The van der Waals surface area contributed by atoms with Crippen LogP contribution in [0, 0.1) is 5.92 Å². The van der Waals surface area contributed by atoms with Gasteiger partial charge in [-0.2, -0.15) is 0 Å². The Morgan fingerprint density at radius 3 is 2.38 bits per heavy atom. The molecular formula is C13H21ClN2. The average Bonchev–Trinajstić information content (AvgIpc) is 2.32. The summed E-state index contributed by atoms with van der Waals surface area (Å²) in [4.78, 5) is 0. The molecule has 0 radical (unpaired) electrons. The topological polar surface area (TPSA) is 38.0 Å². The maximum Gasteiger partial charge on any atom is 0.0477 e. The highest BCUT2D eigenvalue weighted by atomic mass is 35.5. The van der Waals surface area contributed by atoms with Crippen LogP contribution in [0.15, 0.2) is 24.3 Å². The van der Waals surface area contributed by atoms with Gasteiger partial charge in [0.2, 0.25) is 0 Å². The highest BCUT2D eigenvalue weighted by Crippen LogP contribution is 2.29. The summed E-state index contributed by atoms with van der Waals surface area (Å²) in [5.41, 5.74) is 3.97. The van der Waals surface area contributed by atoms with Crippen LogP contribution in [0.1, 0.15) is 44.7 Å². The predicted molar refractivity (Wildman–Crippen MR) is 70.2 cm³/mol. The van der Waals surface area contributed by atoms with E-state index in [-0.39, 0.29) is 6.04 Å². The van der Waals surface area contributed by atoms with Crippen LogP contribution in [-0.4, -0.2) is 0 Å². The number of benzene rings is 1. The molecule has 0 heterocycles. The van der Waals surface area contributed by atoms with Crippen molar-refractivity contribution in [3.05, 3.63) is 34.9 Å². The molecule has 0 bridgehead atoms. The molecule has 0 saturated heterocycles. The number of nitrogens with two attached hydrogens (primary N) is 1. The summed E-state index contributed by atoms with van der Waals surface area (Å²) in [6.45, 7) is 4.43. The third kappa shape index (κ3) is 3.48. The highest BCUT2D eigenvalue weighted by molar-refractivity contribution is 6.31. The van der Waals surface area contributed by atoms with Gasteiger partial charge in [-0.05, 0) is 24.0 Å². The number of rotatable bonds is 6. The van der Waals surface area contributed by atoms with Crippen molar-refractivity contribution in [2.75, 3.05) is 0 Å². The Morgan fingerprint density at radius 2 is 1.88 bits per heavy atom. The van der Waals surface area contributed by atoms with Gasteiger partial charge in [-0.15, -0.1) is 0 Å². The molecule has 0 aromatic heterocycles. The van der Waals surface area contributed by atoms with Crippen molar-refractivity contribution in [1.82, 2.24) is 5.43 Å². The standard InChI is InChI=1S/C13H21ClN2/c1-3-10(4-2)9-13(16-15)11-7-5-6-8-12(11)14/h5-8,10,13,16H,3-4,9,15H2,1-2H3. The quantitative estimate of drug-likeness (QED) is 0.588. The van der Waals surface area contributed by atoms with E-state index in [0.29, 0.717) is 5.92 Å². The van der Waals surface area contributed by atoms with Crippen LogP contribution in [0.2, 0.25) is 5.02 Å². The van der Waals surface area contributed by atoms with Crippen LogP contribution in [0.3, 0.4) is 0 Å². The lowest BCUT2D eigenvalue weighted by Gasteiger charge is -2.22. The molecule has 1 rings (SSSR count). The van der Waals surface area contributed by atoms with Gasteiger partial charge in [-0.25, -0.2) is 0 Å². The van der Waals surface area contributed by atoms with Gasteiger partial charge in [0.1, 0.15) is 0 Å². The molecule has 0 fully saturated rings. The molecule has 0 aliphatic carbocycles. The summed E-state index contributed by atoms with van der Waals surface area (Å²) < 4.78 is 0. The summed E-state index contributed by atoms with van der Waals surface area (Å²) in [6.07, 6.45) is 3.39. The Morgan fingerprint density at radius 1 is 1.25 bits per heavy atom. The molecule has 90 valence electrons. The molecular weight excluding hydrogens is 220 g/mol. The molecule has 0 saturated carbocycles. The Bertz CT molecular complexity index is 311. The number of hydrogen-bond donors (Lipinski definition) is 2. The van der Waals surface area contributed by atoms with Crippen molar-refractivity contribution in [2.24, 2.45) is 11.8 Å². The molecule has 16 heavy (non-hydrogen) atoms. The first-order valence-electron chi connectivity index (χ1n) is 5.93. The van der Waals surface area contributed by atoms with Crippen LogP contribution in [0.25, 0.3) is 0 Å². The van der Waals surface area contributed by atoms with Crippen LogP contribution in [0.4, 0.5) is 0 Å². The zero-order valence-corrected chi connectivity index (χ0v) is 10.8. The molecule has 1 aromatic rings. The normalized spacial score (nSPS) is 13.1. The summed E-state index contributed by atoms with van der Waals surface area (Å²) in [6, 6.07) is 8.04. The van der Waals surface area contributed by atoms with E-state index in [9.17, 15) is 0 Å². The molecule has 1 atom stereocenters. The Balaban J connectivity index is 2.78. The van der Waals surface area contributed by atoms with E-state index >= 15 is 0 Å². The van der Waals surface area contributed by atoms with Crippen LogP contribution in [0.5, 0.6) is 0 Å². The fraction of sp³-hybridized carbons (Fsp3) is 0.538. The van der Waals surface area contributed by atoms with Gasteiger partial charge in [-0.1, -0.05) is 56.5 Å². The maximum atomic E-state index is 6.17. The summed E-state index contributed by atoms with van der Waals surface area (Å²) >= 11 is 6.17. The highest BCUT2D eigenvalue weighted by Gasteiger charge is 2.16. The third-order valence-electron chi connectivity index (χ3n) is 3.21. The fourth-order valence-corrected chi connectivity index (χ4v) is 2.27. The van der Waals surface area contributed by atoms with Gasteiger partial charge >= 0.3 is 0 Å². The van der Waals surface area contributed by atoms with Crippen LogP contribution >= 0.6 is 11.6 Å². The van der Waals surface area contributed by atoms with Gasteiger partial charge in [-0.3, -0.25) is 11.3 Å². The first kappa shape index (κ1) is 13.5. The van der Waals surface area contributed by atoms with Gasteiger partial charge in [0, 0.05) is 11.1 Å². The van der Waals surface area contributed by atoms with Crippen molar-refractivity contribution < 1.29 is 0 Å². The number of hydrazine groups is 1. The van der Waals surface area contributed by atoms with Crippen molar-refractivity contribution in [3.8, 4) is 0 Å². The van der Waals surface area contributed by atoms with E-state index in [1.54, 1.807) is 0 Å². The largest absolute Gasteiger partial charge is 0.271 e. The fourth-order valence-electron chi connectivity index (χ4n) is 2.00. The Kier molecular flexibility index (Phi) is 5.81. The summed E-state index contributed by atoms with van der Waals surface area (Å²) in [7, 11) is 0. The van der Waals surface area contributed by atoms with Gasteiger partial charge in [0.05, 0.1) is 0 Å². The van der Waals surface area contributed by atoms with E-state index in [1.165, 1.54) is 12.8 Å². The van der Waals surface area contributed by atoms with Crippen LogP contribution < -0.4 is 11.3 Å². The second-order valence-corrected chi connectivity index (χ2v) is 4.57. The predicted octanol–water partition coefficient (Wildman–Crippen LogP) is 3.67. The first-order valence-corrected chi connectivity index (χ1v) is 6.31. The second kappa shape index (κ2) is 6.89. The van der Waals surface area contributed by atoms with E-state index < -0.39 is 0 Å². The van der Waals surface area contributed by atoms with E-state index in [0.717, 1.165) is 17.0 Å². The molecule has 1 unspecified atom stereocenters. The SMILES string of the molecule is CCC(CC)CC(NN)c1ccccc1Cl. The van der Waals surface area contributed by atoms with Gasteiger partial charge < -0.3 is 0 Å². The van der Waals surface area contributed by atoms with Crippen molar-refractivity contribution >= 4 is 11.6 Å². The van der Waals surface area contributed by atoms with Gasteiger partial charge in [0.15, 0.2) is 0 Å². The van der Waals surface area contributed by atoms with Crippen molar-refractivity contribution in [3.63, 3.8) is 0 Å². The van der Waals surface area contributed by atoms with Crippen LogP contribution in [-0.2, 0) is 0 Å². The minimum Gasteiger partial charge on any atom is -0.271 e. The smallest absolute Gasteiger partial charge is 0.0477 e. The maximum absolute atomic E-state index is 6.17. The van der Waals surface area contributed by atoms with E-state index in [2.05, 4.69) is 19.3 Å². The molecule has 1 aromatic carbocycles. The molecule has 3 heteroatoms. The summed E-state index contributed by atoms with van der Waals surface area (Å²) in [5, 5.41) is 0.788. The number of halogens is 1. The molecule has 3 N–H and O–H groups in total. The number of hydrogen-bond acceptors (Lipinski definition) is 2. The minimum absolute atomic E-state index is 0.151. The molecule has 2 nitrogen and oxygen atoms in total. The first-order chi connectivity index (χ1) is 7.72. The van der Waals surface area contributed by atoms with Crippen molar-refractivity contribution in [2.45, 2.75) is 39.2 Å². The molecule has 0 amide bonds. The zero-order valence-electron chi connectivity index (χ0n) is 10.0. The number of nitrogens with one attached hydrogen (secondary N) is 1. The van der Waals surface area contributed by atoms with Crippen molar-refractivity contribution in [1.29, 1.82) is 0 Å². The molecule has 0 aliphatic heterocycles. The lowest BCUT2D eigenvalue weighted by Crippen LogP contribution is -2.29. The third-order valence-corrected chi connectivity index (χ3v) is 3.55. The lowest BCUT2D eigenvalue weighted by molar-refractivity contribution is 0.375.